The second-order valence-corrected chi connectivity index (χ2v) is 5.70. The Morgan fingerprint density at radius 2 is 2.16 bits per heavy atom. The van der Waals surface area contributed by atoms with Gasteiger partial charge in [0.05, 0.1) is 4.92 Å². The van der Waals surface area contributed by atoms with Crippen LogP contribution >= 0.6 is 11.8 Å². The lowest BCUT2D eigenvalue weighted by molar-refractivity contribution is -0.384. The molecule has 0 aliphatic rings. The van der Waals surface area contributed by atoms with Crippen LogP contribution in [0.15, 0.2) is 18.2 Å². The van der Waals surface area contributed by atoms with Gasteiger partial charge < -0.3 is 5.32 Å². The minimum atomic E-state index is -0.339. The van der Waals surface area contributed by atoms with Crippen molar-refractivity contribution in [1.82, 2.24) is 0 Å². The summed E-state index contributed by atoms with van der Waals surface area (Å²) in [5, 5.41) is 14.0. The van der Waals surface area contributed by atoms with Crippen LogP contribution in [-0.2, 0) is 5.75 Å². The van der Waals surface area contributed by atoms with Crippen LogP contribution in [0.1, 0.15) is 32.8 Å². The van der Waals surface area contributed by atoms with Crippen LogP contribution in [0.4, 0.5) is 11.4 Å². The zero-order chi connectivity index (χ0) is 14.3. The summed E-state index contributed by atoms with van der Waals surface area (Å²) < 4.78 is 0. The average molecular weight is 282 g/mol. The molecule has 0 amide bonds. The molecule has 0 spiro atoms. The first kappa shape index (κ1) is 15.8. The van der Waals surface area contributed by atoms with Crippen molar-refractivity contribution in [2.45, 2.75) is 32.9 Å². The molecule has 1 atom stereocenters. The van der Waals surface area contributed by atoms with Gasteiger partial charge in [-0.05, 0) is 30.2 Å². The maximum atomic E-state index is 10.9. The van der Waals surface area contributed by atoms with Crippen molar-refractivity contribution in [1.29, 1.82) is 0 Å². The Kier molecular flexibility index (Phi) is 6.70. The fraction of sp³-hybridized carbons (Fsp3) is 0.571. The smallest absolute Gasteiger partial charge is 0.292 e. The molecule has 1 rings (SSSR count). The van der Waals surface area contributed by atoms with Gasteiger partial charge >= 0.3 is 0 Å². The van der Waals surface area contributed by atoms with E-state index in [1.807, 2.05) is 30.8 Å². The molecular weight excluding hydrogens is 260 g/mol. The Hall–Kier alpha value is -1.23. The molecule has 0 heterocycles. The van der Waals surface area contributed by atoms with E-state index in [-0.39, 0.29) is 10.6 Å². The molecule has 0 bridgehead atoms. The lowest BCUT2D eigenvalue weighted by Crippen LogP contribution is -2.02. The molecule has 1 N–H and O–H groups in total. The number of hydrogen-bond donors (Lipinski definition) is 1. The first-order valence-corrected chi connectivity index (χ1v) is 7.82. The highest BCUT2D eigenvalue weighted by atomic mass is 32.2. The van der Waals surface area contributed by atoms with E-state index in [2.05, 4.69) is 19.2 Å². The van der Waals surface area contributed by atoms with E-state index in [0.717, 1.165) is 23.0 Å². The third kappa shape index (κ3) is 5.11. The first-order chi connectivity index (χ1) is 9.08. The minimum absolute atomic E-state index is 0.150. The lowest BCUT2D eigenvalue weighted by Gasteiger charge is -2.09. The number of nitrogens with zero attached hydrogens (tertiary/aromatic N) is 1. The Bertz CT molecular complexity index is 424. The van der Waals surface area contributed by atoms with Crippen molar-refractivity contribution in [3.63, 3.8) is 0 Å². The maximum absolute atomic E-state index is 10.9. The minimum Gasteiger partial charge on any atom is -0.380 e. The summed E-state index contributed by atoms with van der Waals surface area (Å²) in [5.41, 5.74) is 1.90. The number of rotatable bonds is 8. The number of nitro groups is 1. The molecule has 4 nitrogen and oxygen atoms in total. The monoisotopic (exact) mass is 282 g/mol. The summed E-state index contributed by atoms with van der Waals surface area (Å²) in [6, 6.07) is 5.34. The normalized spacial score (nSPS) is 12.2. The quantitative estimate of drug-likeness (QED) is 0.570. The van der Waals surface area contributed by atoms with Crippen molar-refractivity contribution < 1.29 is 4.92 Å². The number of anilines is 1. The fourth-order valence-corrected chi connectivity index (χ4v) is 2.83. The van der Waals surface area contributed by atoms with Gasteiger partial charge in [-0.2, -0.15) is 11.8 Å². The number of thioether (sulfide) groups is 1. The van der Waals surface area contributed by atoms with E-state index in [0.29, 0.717) is 12.2 Å². The van der Waals surface area contributed by atoms with E-state index >= 15 is 0 Å². The third-order valence-electron chi connectivity index (χ3n) is 2.99. The average Bonchev–Trinajstić information content (AvgIpc) is 2.38. The lowest BCUT2D eigenvalue weighted by atomic mass is 10.2. The van der Waals surface area contributed by atoms with Crippen LogP contribution in [0.5, 0.6) is 0 Å². The summed E-state index contributed by atoms with van der Waals surface area (Å²) in [5.74, 6) is 2.75. The van der Waals surface area contributed by atoms with Crippen LogP contribution in [0.25, 0.3) is 0 Å². The van der Waals surface area contributed by atoms with Gasteiger partial charge in [-0.1, -0.05) is 26.3 Å². The summed E-state index contributed by atoms with van der Waals surface area (Å²) in [4.78, 5) is 10.6. The predicted molar refractivity (Wildman–Crippen MR) is 82.9 cm³/mol. The summed E-state index contributed by atoms with van der Waals surface area (Å²) in [7, 11) is 0. The van der Waals surface area contributed by atoms with Gasteiger partial charge in [0.25, 0.3) is 5.69 Å². The summed E-state index contributed by atoms with van der Waals surface area (Å²) in [6.45, 7) is 7.06. The highest BCUT2D eigenvalue weighted by Crippen LogP contribution is 2.27. The molecule has 0 fully saturated rings. The van der Waals surface area contributed by atoms with Crippen molar-refractivity contribution in [3.05, 3.63) is 33.9 Å². The largest absolute Gasteiger partial charge is 0.380 e. The van der Waals surface area contributed by atoms with Crippen LogP contribution in [-0.4, -0.2) is 17.2 Å². The SMILES string of the molecule is CCNc1cc(CSCC(C)CC)ccc1[N+](=O)[O-]. The molecule has 0 radical (unpaired) electrons. The number of nitrogens with one attached hydrogen (secondary N) is 1. The zero-order valence-corrected chi connectivity index (χ0v) is 12.6. The molecule has 106 valence electrons. The third-order valence-corrected chi connectivity index (χ3v) is 4.34. The van der Waals surface area contributed by atoms with Gasteiger partial charge in [0, 0.05) is 18.4 Å². The molecule has 0 aromatic heterocycles. The molecule has 0 saturated heterocycles. The first-order valence-electron chi connectivity index (χ1n) is 6.67. The van der Waals surface area contributed by atoms with E-state index in [9.17, 15) is 10.1 Å². The van der Waals surface area contributed by atoms with Crippen molar-refractivity contribution >= 4 is 23.1 Å². The van der Waals surface area contributed by atoms with Crippen LogP contribution in [0, 0.1) is 16.0 Å². The molecule has 0 aliphatic carbocycles. The molecule has 0 saturated carbocycles. The molecule has 5 heteroatoms. The van der Waals surface area contributed by atoms with Gasteiger partial charge in [-0.3, -0.25) is 10.1 Å². The standard InChI is InChI=1S/C14H22N2O2S/c1-4-11(3)9-19-10-12-6-7-14(16(17)18)13(8-12)15-5-2/h6-8,11,15H,4-5,9-10H2,1-3H3. The van der Waals surface area contributed by atoms with Gasteiger partial charge in [0.2, 0.25) is 0 Å². The topological polar surface area (TPSA) is 55.2 Å². The number of benzene rings is 1. The second-order valence-electron chi connectivity index (χ2n) is 4.67. The fourth-order valence-electron chi connectivity index (χ4n) is 1.66. The highest BCUT2D eigenvalue weighted by Gasteiger charge is 2.13. The van der Waals surface area contributed by atoms with Gasteiger partial charge in [-0.25, -0.2) is 0 Å². The highest BCUT2D eigenvalue weighted by molar-refractivity contribution is 7.98. The van der Waals surface area contributed by atoms with Gasteiger partial charge in [0.15, 0.2) is 0 Å². The van der Waals surface area contributed by atoms with Crippen molar-refractivity contribution in [3.8, 4) is 0 Å². The van der Waals surface area contributed by atoms with E-state index in [4.69, 9.17) is 0 Å². The van der Waals surface area contributed by atoms with E-state index in [1.165, 1.54) is 6.42 Å². The number of nitro benzene ring substituents is 1. The van der Waals surface area contributed by atoms with Gasteiger partial charge in [0.1, 0.15) is 5.69 Å². The Labute approximate surface area is 119 Å². The predicted octanol–water partition coefficient (Wildman–Crippen LogP) is 4.31. The van der Waals surface area contributed by atoms with Crippen molar-refractivity contribution in [2.24, 2.45) is 5.92 Å². The van der Waals surface area contributed by atoms with Crippen LogP contribution in [0.2, 0.25) is 0 Å². The summed E-state index contributed by atoms with van der Waals surface area (Å²) >= 11 is 1.88. The maximum Gasteiger partial charge on any atom is 0.292 e. The number of hydrogen-bond acceptors (Lipinski definition) is 4. The molecule has 1 unspecified atom stereocenters. The van der Waals surface area contributed by atoms with Gasteiger partial charge in [-0.15, -0.1) is 0 Å². The molecular formula is C14H22N2O2S. The Morgan fingerprint density at radius 1 is 1.42 bits per heavy atom. The van der Waals surface area contributed by atoms with E-state index < -0.39 is 0 Å². The molecule has 1 aromatic rings. The Morgan fingerprint density at radius 3 is 2.74 bits per heavy atom. The summed E-state index contributed by atoms with van der Waals surface area (Å²) in [6.07, 6.45) is 1.19. The second kappa shape index (κ2) is 8.04. The molecule has 0 aliphatic heterocycles. The van der Waals surface area contributed by atoms with E-state index in [1.54, 1.807) is 6.07 Å². The Balaban J connectivity index is 2.69. The molecule has 1 aromatic carbocycles. The van der Waals surface area contributed by atoms with Crippen molar-refractivity contribution in [2.75, 3.05) is 17.6 Å². The van der Waals surface area contributed by atoms with Crippen LogP contribution in [0.3, 0.4) is 0 Å². The van der Waals surface area contributed by atoms with Crippen LogP contribution < -0.4 is 5.32 Å². The zero-order valence-electron chi connectivity index (χ0n) is 11.8. The molecule has 19 heavy (non-hydrogen) atoms.